The predicted octanol–water partition coefficient (Wildman–Crippen LogP) is 1.35. The summed E-state index contributed by atoms with van der Waals surface area (Å²) in [6.45, 7) is 3.78. The highest BCUT2D eigenvalue weighted by atomic mass is 16.3. The number of β-amino-alcohol motifs (C(OH)–C–C–N with tert-alkyl or cyclic N) is 1. The number of hydrogen-bond acceptors (Lipinski definition) is 4. The van der Waals surface area contributed by atoms with Gasteiger partial charge in [0.1, 0.15) is 5.82 Å². The fraction of sp³-hybridized carbons (Fsp3) is 0.625. The fourth-order valence-electron chi connectivity index (χ4n) is 3.08. The molecule has 2 fully saturated rings. The van der Waals surface area contributed by atoms with Crippen LogP contribution < -0.4 is 10.2 Å². The van der Waals surface area contributed by atoms with Gasteiger partial charge in [-0.3, -0.25) is 0 Å². The second-order valence-corrected chi connectivity index (χ2v) is 6.12. The second kappa shape index (κ2) is 6.96. The van der Waals surface area contributed by atoms with Crippen molar-refractivity contribution in [2.24, 2.45) is 0 Å². The summed E-state index contributed by atoms with van der Waals surface area (Å²) >= 11 is 0. The van der Waals surface area contributed by atoms with E-state index in [9.17, 15) is 9.90 Å². The number of aliphatic hydroxyl groups is 1. The Labute approximate surface area is 131 Å². The van der Waals surface area contributed by atoms with E-state index in [1.165, 1.54) is 12.8 Å². The first-order valence-electron chi connectivity index (χ1n) is 8.13. The molecule has 1 unspecified atom stereocenters. The molecule has 2 aliphatic rings. The second-order valence-electron chi connectivity index (χ2n) is 6.12. The summed E-state index contributed by atoms with van der Waals surface area (Å²) in [4.78, 5) is 20.5. The standard InChI is InChI=1S/C16H24N4O2/c21-14-4-3-9-20(12-14)16(22)18-11-13-5-6-15(17-10-13)19-7-1-2-8-19/h5-6,10,14,21H,1-4,7-9,11-12H2,(H,18,22). The predicted molar refractivity (Wildman–Crippen MR) is 84.7 cm³/mol. The van der Waals surface area contributed by atoms with E-state index < -0.39 is 0 Å². The largest absolute Gasteiger partial charge is 0.391 e. The number of amides is 2. The maximum atomic E-state index is 12.1. The number of likely N-dealkylation sites (tertiary alicyclic amines) is 1. The van der Waals surface area contributed by atoms with Gasteiger partial charge in [-0.2, -0.15) is 0 Å². The van der Waals surface area contributed by atoms with Crippen LogP contribution in [-0.2, 0) is 6.54 Å². The van der Waals surface area contributed by atoms with Crippen LogP contribution in [0.5, 0.6) is 0 Å². The SMILES string of the molecule is O=C(NCc1ccc(N2CCCC2)nc1)N1CCCC(O)C1. The number of nitrogens with one attached hydrogen (secondary N) is 1. The Hall–Kier alpha value is -1.82. The summed E-state index contributed by atoms with van der Waals surface area (Å²) in [6, 6.07) is 3.94. The lowest BCUT2D eigenvalue weighted by Crippen LogP contribution is -2.46. The lowest BCUT2D eigenvalue weighted by molar-refractivity contribution is 0.0842. The van der Waals surface area contributed by atoms with E-state index in [1.54, 1.807) is 4.90 Å². The van der Waals surface area contributed by atoms with Gasteiger partial charge in [-0.05, 0) is 37.3 Å². The van der Waals surface area contributed by atoms with Crippen molar-refractivity contribution in [2.45, 2.75) is 38.3 Å². The highest BCUT2D eigenvalue weighted by Crippen LogP contribution is 2.17. The zero-order valence-corrected chi connectivity index (χ0v) is 12.9. The smallest absolute Gasteiger partial charge is 0.317 e. The normalized spacial score (nSPS) is 22.0. The first-order valence-corrected chi connectivity index (χ1v) is 8.13. The van der Waals surface area contributed by atoms with E-state index in [-0.39, 0.29) is 12.1 Å². The number of carbonyl (C=O) groups excluding carboxylic acids is 1. The Kier molecular flexibility index (Phi) is 4.77. The van der Waals surface area contributed by atoms with Crippen LogP contribution in [0.4, 0.5) is 10.6 Å². The molecule has 1 aromatic rings. The van der Waals surface area contributed by atoms with Gasteiger partial charge in [0.25, 0.3) is 0 Å². The maximum absolute atomic E-state index is 12.1. The van der Waals surface area contributed by atoms with Crippen LogP contribution in [0.2, 0.25) is 0 Å². The molecule has 6 heteroatoms. The van der Waals surface area contributed by atoms with Crippen LogP contribution in [0.1, 0.15) is 31.2 Å². The minimum Gasteiger partial charge on any atom is -0.391 e. The van der Waals surface area contributed by atoms with E-state index in [0.29, 0.717) is 13.1 Å². The van der Waals surface area contributed by atoms with Crippen LogP contribution >= 0.6 is 0 Å². The molecule has 0 saturated carbocycles. The van der Waals surface area contributed by atoms with Gasteiger partial charge < -0.3 is 20.2 Å². The first kappa shape index (κ1) is 15.1. The van der Waals surface area contributed by atoms with E-state index in [2.05, 4.69) is 15.2 Å². The molecule has 0 spiro atoms. The maximum Gasteiger partial charge on any atom is 0.317 e. The molecule has 0 aromatic carbocycles. The fourth-order valence-corrected chi connectivity index (χ4v) is 3.08. The third-order valence-electron chi connectivity index (χ3n) is 4.37. The van der Waals surface area contributed by atoms with Crippen molar-refractivity contribution in [1.29, 1.82) is 0 Å². The van der Waals surface area contributed by atoms with E-state index in [4.69, 9.17) is 0 Å². The number of hydrogen-bond donors (Lipinski definition) is 2. The van der Waals surface area contributed by atoms with Crippen molar-refractivity contribution in [1.82, 2.24) is 15.2 Å². The zero-order chi connectivity index (χ0) is 15.4. The zero-order valence-electron chi connectivity index (χ0n) is 12.9. The van der Waals surface area contributed by atoms with Crippen molar-refractivity contribution in [2.75, 3.05) is 31.1 Å². The molecule has 6 nitrogen and oxygen atoms in total. The molecule has 2 saturated heterocycles. The monoisotopic (exact) mass is 304 g/mol. The number of urea groups is 1. The lowest BCUT2D eigenvalue weighted by atomic mass is 10.1. The highest BCUT2D eigenvalue weighted by Gasteiger charge is 2.21. The molecule has 2 N–H and O–H groups in total. The molecule has 3 rings (SSSR count). The molecule has 0 radical (unpaired) electrons. The number of nitrogens with zero attached hydrogens (tertiary/aromatic N) is 3. The van der Waals surface area contributed by atoms with Gasteiger partial charge in [0.2, 0.25) is 0 Å². The number of rotatable bonds is 3. The molecule has 120 valence electrons. The quantitative estimate of drug-likeness (QED) is 0.884. The average molecular weight is 304 g/mol. The number of anilines is 1. The Morgan fingerprint density at radius 3 is 2.77 bits per heavy atom. The van der Waals surface area contributed by atoms with Gasteiger partial charge in [0.15, 0.2) is 0 Å². The molecule has 3 heterocycles. The van der Waals surface area contributed by atoms with Crippen molar-refractivity contribution in [3.63, 3.8) is 0 Å². The number of pyridine rings is 1. The third-order valence-corrected chi connectivity index (χ3v) is 4.37. The summed E-state index contributed by atoms with van der Waals surface area (Å²) < 4.78 is 0. The first-order chi connectivity index (χ1) is 10.7. The molecule has 1 atom stereocenters. The average Bonchev–Trinajstić information content (AvgIpc) is 3.07. The molecule has 1 aromatic heterocycles. The molecule has 22 heavy (non-hydrogen) atoms. The van der Waals surface area contributed by atoms with Gasteiger partial charge in [-0.15, -0.1) is 0 Å². The van der Waals surface area contributed by atoms with Crippen molar-refractivity contribution < 1.29 is 9.90 Å². The molecule has 0 aliphatic carbocycles. The molecular weight excluding hydrogens is 280 g/mol. The minimum atomic E-state index is -0.388. The van der Waals surface area contributed by atoms with Gasteiger partial charge in [-0.1, -0.05) is 6.07 Å². The third kappa shape index (κ3) is 3.68. The number of piperidine rings is 1. The number of aliphatic hydroxyl groups excluding tert-OH is 1. The Morgan fingerprint density at radius 1 is 1.27 bits per heavy atom. The number of carbonyl (C=O) groups is 1. The Bertz CT molecular complexity index is 499. The highest BCUT2D eigenvalue weighted by molar-refractivity contribution is 5.74. The van der Waals surface area contributed by atoms with Gasteiger partial charge in [0.05, 0.1) is 6.10 Å². The number of aromatic nitrogens is 1. The summed E-state index contributed by atoms with van der Waals surface area (Å²) in [5, 5.41) is 12.5. The van der Waals surface area contributed by atoms with E-state index in [0.717, 1.165) is 43.9 Å². The van der Waals surface area contributed by atoms with Crippen LogP contribution in [0, 0.1) is 0 Å². The summed E-state index contributed by atoms with van der Waals surface area (Å²) in [7, 11) is 0. The summed E-state index contributed by atoms with van der Waals surface area (Å²) in [6.07, 6.45) is 5.56. The van der Waals surface area contributed by atoms with Crippen molar-refractivity contribution in [3.05, 3.63) is 23.9 Å². The van der Waals surface area contributed by atoms with Crippen LogP contribution in [0.3, 0.4) is 0 Å². The Balaban J connectivity index is 1.49. The van der Waals surface area contributed by atoms with Gasteiger partial charge in [0, 0.05) is 38.9 Å². The van der Waals surface area contributed by atoms with Crippen molar-refractivity contribution in [3.8, 4) is 0 Å². The van der Waals surface area contributed by atoms with Gasteiger partial charge >= 0.3 is 6.03 Å². The van der Waals surface area contributed by atoms with Crippen LogP contribution in [0.15, 0.2) is 18.3 Å². The minimum absolute atomic E-state index is 0.109. The Morgan fingerprint density at radius 2 is 2.09 bits per heavy atom. The molecule has 2 amide bonds. The van der Waals surface area contributed by atoms with Crippen molar-refractivity contribution >= 4 is 11.8 Å². The summed E-state index contributed by atoms with van der Waals surface area (Å²) in [5.74, 6) is 1.02. The van der Waals surface area contributed by atoms with Crippen LogP contribution in [0.25, 0.3) is 0 Å². The summed E-state index contributed by atoms with van der Waals surface area (Å²) in [5.41, 5.74) is 0.994. The molecular formula is C16H24N4O2. The van der Waals surface area contributed by atoms with E-state index in [1.807, 2.05) is 18.3 Å². The topological polar surface area (TPSA) is 68.7 Å². The molecule has 0 bridgehead atoms. The van der Waals surface area contributed by atoms with Crippen LogP contribution in [-0.4, -0.2) is 53.3 Å². The van der Waals surface area contributed by atoms with E-state index >= 15 is 0 Å². The van der Waals surface area contributed by atoms with Gasteiger partial charge in [-0.25, -0.2) is 9.78 Å². The lowest BCUT2D eigenvalue weighted by Gasteiger charge is -2.30. The molecule has 2 aliphatic heterocycles.